The Labute approximate surface area is 105 Å². The number of halogens is 1. The maximum atomic E-state index is 13.2. The molecule has 1 aromatic carbocycles. The van der Waals surface area contributed by atoms with Gasteiger partial charge in [0, 0.05) is 12.6 Å². The van der Waals surface area contributed by atoms with Crippen LogP contribution in [0.1, 0.15) is 44.7 Å². The summed E-state index contributed by atoms with van der Waals surface area (Å²) in [5.74, 6) is -0.114. The summed E-state index contributed by atoms with van der Waals surface area (Å²) in [6.07, 6.45) is 2.55. The fraction of sp³-hybridized carbons (Fsp3) is 0.600. The molecule has 1 atom stereocenters. The zero-order valence-electron chi connectivity index (χ0n) is 11.5. The summed E-state index contributed by atoms with van der Waals surface area (Å²) in [4.78, 5) is 2.42. The Bertz CT molecular complexity index is 329. The Morgan fingerprint density at radius 2 is 2.00 bits per heavy atom. The SMILES string of the molecule is CC.Cc1cc(F)cc(CN2CCCC2C)c1. The number of nitrogens with zero attached hydrogens (tertiary/aromatic N) is 1. The summed E-state index contributed by atoms with van der Waals surface area (Å²) >= 11 is 0. The van der Waals surface area contributed by atoms with Crippen molar-refractivity contribution in [1.29, 1.82) is 0 Å². The molecule has 1 aromatic rings. The molecule has 96 valence electrons. The predicted octanol–water partition coefficient (Wildman–Crippen LogP) is 4.14. The van der Waals surface area contributed by atoms with Gasteiger partial charge in [0.1, 0.15) is 5.82 Å². The number of hydrogen-bond acceptors (Lipinski definition) is 1. The molecule has 1 fully saturated rings. The van der Waals surface area contributed by atoms with Crippen LogP contribution in [0.15, 0.2) is 18.2 Å². The Hall–Kier alpha value is -0.890. The van der Waals surface area contributed by atoms with E-state index in [0.29, 0.717) is 6.04 Å². The van der Waals surface area contributed by atoms with Crippen LogP contribution in [0.5, 0.6) is 0 Å². The van der Waals surface area contributed by atoms with E-state index in [-0.39, 0.29) is 5.82 Å². The van der Waals surface area contributed by atoms with E-state index in [9.17, 15) is 4.39 Å². The molecule has 1 unspecified atom stereocenters. The van der Waals surface area contributed by atoms with Crippen LogP contribution in [-0.2, 0) is 6.54 Å². The van der Waals surface area contributed by atoms with Crippen molar-refractivity contribution in [2.45, 2.75) is 53.1 Å². The van der Waals surface area contributed by atoms with Crippen LogP contribution >= 0.6 is 0 Å². The summed E-state index contributed by atoms with van der Waals surface area (Å²) < 4.78 is 13.2. The van der Waals surface area contributed by atoms with Crippen molar-refractivity contribution in [3.63, 3.8) is 0 Å². The van der Waals surface area contributed by atoms with Gasteiger partial charge in [-0.25, -0.2) is 4.39 Å². The molecular weight excluding hydrogens is 213 g/mol. The number of aryl methyl sites for hydroxylation is 1. The number of hydrogen-bond donors (Lipinski definition) is 0. The third-order valence-electron chi connectivity index (χ3n) is 3.18. The van der Waals surface area contributed by atoms with Crippen LogP contribution in [0.2, 0.25) is 0 Å². The van der Waals surface area contributed by atoms with Gasteiger partial charge in [-0.15, -0.1) is 0 Å². The fourth-order valence-electron chi connectivity index (χ4n) is 2.37. The molecule has 0 N–H and O–H groups in total. The molecule has 2 rings (SSSR count). The van der Waals surface area contributed by atoms with E-state index in [1.807, 2.05) is 20.8 Å². The van der Waals surface area contributed by atoms with E-state index in [0.717, 1.165) is 24.2 Å². The Balaban J connectivity index is 0.000000686. The highest BCUT2D eigenvalue weighted by atomic mass is 19.1. The third kappa shape index (κ3) is 4.12. The highest BCUT2D eigenvalue weighted by Gasteiger charge is 2.20. The highest BCUT2D eigenvalue weighted by Crippen LogP contribution is 2.20. The molecule has 1 saturated heterocycles. The average molecular weight is 237 g/mol. The Kier molecular flexibility index (Phi) is 5.63. The predicted molar refractivity (Wildman–Crippen MR) is 71.6 cm³/mol. The van der Waals surface area contributed by atoms with E-state index in [2.05, 4.69) is 17.9 Å². The second-order valence-electron chi connectivity index (χ2n) is 4.60. The van der Waals surface area contributed by atoms with Crippen LogP contribution in [-0.4, -0.2) is 17.5 Å². The van der Waals surface area contributed by atoms with Crippen LogP contribution < -0.4 is 0 Å². The molecule has 0 aliphatic carbocycles. The van der Waals surface area contributed by atoms with Crippen molar-refractivity contribution in [3.8, 4) is 0 Å². The number of benzene rings is 1. The van der Waals surface area contributed by atoms with Crippen LogP contribution in [0.4, 0.5) is 4.39 Å². The summed E-state index contributed by atoms with van der Waals surface area (Å²) in [7, 11) is 0. The van der Waals surface area contributed by atoms with Crippen molar-refractivity contribution in [3.05, 3.63) is 35.1 Å². The van der Waals surface area contributed by atoms with Gasteiger partial charge >= 0.3 is 0 Å². The normalized spacial score (nSPS) is 19.9. The molecule has 1 aliphatic heterocycles. The quantitative estimate of drug-likeness (QED) is 0.747. The molecule has 0 saturated carbocycles. The monoisotopic (exact) mass is 237 g/mol. The van der Waals surface area contributed by atoms with Gasteiger partial charge in [-0.3, -0.25) is 4.90 Å². The molecule has 0 bridgehead atoms. The second-order valence-corrected chi connectivity index (χ2v) is 4.60. The molecule has 0 amide bonds. The lowest BCUT2D eigenvalue weighted by Gasteiger charge is -2.21. The lowest BCUT2D eigenvalue weighted by Crippen LogP contribution is -2.26. The van der Waals surface area contributed by atoms with Gasteiger partial charge < -0.3 is 0 Å². The zero-order valence-corrected chi connectivity index (χ0v) is 11.5. The van der Waals surface area contributed by atoms with Gasteiger partial charge in [-0.05, 0) is 56.5 Å². The van der Waals surface area contributed by atoms with Gasteiger partial charge in [0.2, 0.25) is 0 Å². The third-order valence-corrected chi connectivity index (χ3v) is 3.18. The van der Waals surface area contributed by atoms with E-state index < -0.39 is 0 Å². The summed E-state index contributed by atoms with van der Waals surface area (Å²) in [6, 6.07) is 5.96. The van der Waals surface area contributed by atoms with Crippen molar-refractivity contribution in [2.24, 2.45) is 0 Å². The summed E-state index contributed by atoms with van der Waals surface area (Å²) in [5, 5.41) is 0. The van der Waals surface area contributed by atoms with Gasteiger partial charge in [0.05, 0.1) is 0 Å². The van der Waals surface area contributed by atoms with Gasteiger partial charge in [0.15, 0.2) is 0 Å². The minimum absolute atomic E-state index is 0.114. The first kappa shape index (κ1) is 14.2. The molecule has 0 spiro atoms. The van der Waals surface area contributed by atoms with Crippen LogP contribution in [0.25, 0.3) is 0 Å². The van der Waals surface area contributed by atoms with Crippen molar-refractivity contribution < 1.29 is 4.39 Å². The molecule has 0 aromatic heterocycles. The molecule has 2 heteroatoms. The molecule has 1 nitrogen and oxygen atoms in total. The van der Waals surface area contributed by atoms with E-state index >= 15 is 0 Å². The van der Waals surface area contributed by atoms with E-state index in [1.165, 1.54) is 12.8 Å². The second kappa shape index (κ2) is 6.75. The summed E-state index contributed by atoms with van der Waals surface area (Å²) in [6.45, 7) is 10.2. The topological polar surface area (TPSA) is 3.24 Å². The smallest absolute Gasteiger partial charge is 0.123 e. The van der Waals surface area contributed by atoms with Crippen LogP contribution in [0.3, 0.4) is 0 Å². The Morgan fingerprint density at radius 1 is 1.29 bits per heavy atom. The Morgan fingerprint density at radius 3 is 2.53 bits per heavy atom. The van der Waals surface area contributed by atoms with Crippen molar-refractivity contribution >= 4 is 0 Å². The van der Waals surface area contributed by atoms with E-state index in [1.54, 1.807) is 12.1 Å². The first-order valence-electron chi connectivity index (χ1n) is 6.65. The minimum atomic E-state index is -0.114. The lowest BCUT2D eigenvalue weighted by atomic mass is 10.1. The lowest BCUT2D eigenvalue weighted by molar-refractivity contribution is 0.260. The highest BCUT2D eigenvalue weighted by molar-refractivity contribution is 5.23. The first-order chi connectivity index (χ1) is 8.15. The standard InChI is InChI=1S/C13H18FN.C2H6/c1-10-6-12(8-13(14)7-10)9-15-5-3-4-11(15)2;1-2/h6-8,11H,3-5,9H2,1-2H3;1-2H3. The van der Waals surface area contributed by atoms with E-state index in [4.69, 9.17) is 0 Å². The number of rotatable bonds is 2. The van der Waals surface area contributed by atoms with Crippen molar-refractivity contribution in [2.75, 3.05) is 6.54 Å². The van der Waals surface area contributed by atoms with Crippen LogP contribution in [0, 0.1) is 12.7 Å². The van der Waals surface area contributed by atoms with Gasteiger partial charge in [0.25, 0.3) is 0 Å². The van der Waals surface area contributed by atoms with Crippen molar-refractivity contribution in [1.82, 2.24) is 4.90 Å². The summed E-state index contributed by atoms with van der Waals surface area (Å²) in [5.41, 5.74) is 2.11. The first-order valence-corrected chi connectivity index (χ1v) is 6.65. The van der Waals surface area contributed by atoms with Gasteiger partial charge in [-0.1, -0.05) is 19.9 Å². The molecule has 1 aliphatic rings. The maximum absolute atomic E-state index is 13.2. The molecule has 17 heavy (non-hydrogen) atoms. The maximum Gasteiger partial charge on any atom is 0.123 e. The average Bonchev–Trinajstić information content (AvgIpc) is 2.66. The minimum Gasteiger partial charge on any atom is -0.296 e. The molecule has 0 radical (unpaired) electrons. The largest absolute Gasteiger partial charge is 0.296 e. The van der Waals surface area contributed by atoms with Gasteiger partial charge in [-0.2, -0.15) is 0 Å². The molecular formula is C15H24FN. The zero-order chi connectivity index (χ0) is 12.8. The molecule has 1 heterocycles. The fourth-order valence-corrected chi connectivity index (χ4v) is 2.37. The number of likely N-dealkylation sites (tertiary alicyclic amines) is 1.